The van der Waals surface area contributed by atoms with Crippen LogP contribution >= 0.6 is 0 Å². The first-order valence-corrected chi connectivity index (χ1v) is 7.64. The fourth-order valence-electron chi connectivity index (χ4n) is 2.15. The molecule has 0 aliphatic heterocycles. The first-order valence-electron chi connectivity index (χ1n) is 7.64. The van der Waals surface area contributed by atoms with Crippen LogP contribution < -0.4 is 10.1 Å². The molecule has 2 amide bonds. The Kier molecular flexibility index (Phi) is 6.05. The van der Waals surface area contributed by atoms with E-state index >= 15 is 0 Å². The summed E-state index contributed by atoms with van der Waals surface area (Å²) in [5.74, 6) is -3.51. The summed E-state index contributed by atoms with van der Waals surface area (Å²) in [5.41, 5.74) is 0.414. The second-order valence-electron chi connectivity index (χ2n) is 5.29. The van der Waals surface area contributed by atoms with E-state index in [9.17, 15) is 18.4 Å². The van der Waals surface area contributed by atoms with Crippen molar-refractivity contribution in [1.82, 2.24) is 4.90 Å². The predicted molar refractivity (Wildman–Crippen MR) is 89.1 cm³/mol. The molecule has 25 heavy (non-hydrogen) atoms. The molecule has 2 aromatic carbocycles. The number of carbonyl (C=O) groups is 2. The van der Waals surface area contributed by atoms with E-state index in [1.807, 2.05) is 6.92 Å². The summed E-state index contributed by atoms with van der Waals surface area (Å²) < 4.78 is 32.0. The molecule has 0 fully saturated rings. The molecule has 0 saturated carbocycles. The van der Waals surface area contributed by atoms with Crippen molar-refractivity contribution in [3.05, 3.63) is 59.7 Å². The van der Waals surface area contributed by atoms with Crippen LogP contribution in [0.3, 0.4) is 0 Å². The molecule has 2 aromatic rings. The molecule has 7 heteroatoms. The molecule has 0 spiro atoms. The molecule has 1 N–H and O–H groups in total. The quantitative estimate of drug-likeness (QED) is 0.845. The van der Waals surface area contributed by atoms with Crippen LogP contribution in [0.1, 0.15) is 12.5 Å². The Bertz CT molecular complexity index is 763. The van der Waals surface area contributed by atoms with Crippen LogP contribution in [0.5, 0.6) is 5.75 Å². The highest BCUT2D eigenvalue weighted by molar-refractivity contribution is 6.39. The van der Waals surface area contributed by atoms with Crippen LogP contribution in [0, 0.1) is 11.6 Å². The van der Waals surface area contributed by atoms with Gasteiger partial charge in [0.1, 0.15) is 5.75 Å². The number of hydrogen-bond donors (Lipinski definition) is 1. The highest BCUT2D eigenvalue weighted by Gasteiger charge is 2.21. The Balaban J connectivity index is 1.98. The van der Waals surface area contributed by atoms with Crippen LogP contribution in [0.25, 0.3) is 0 Å². The predicted octanol–water partition coefficient (Wildman–Crippen LogP) is 2.96. The van der Waals surface area contributed by atoms with Crippen molar-refractivity contribution >= 4 is 17.5 Å². The van der Waals surface area contributed by atoms with Gasteiger partial charge in [0.15, 0.2) is 11.6 Å². The van der Waals surface area contributed by atoms with E-state index in [0.29, 0.717) is 12.4 Å². The van der Waals surface area contributed by atoms with Crippen molar-refractivity contribution < 1.29 is 23.1 Å². The van der Waals surface area contributed by atoms with E-state index in [0.717, 1.165) is 11.6 Å². The zero-order valence-electron chi connectivity index (χ0n) is 13.9. The van der Waals surface area contributed by atoms with Crippen molar-refractivity contribution in [1.29, 1.82) is 0 Å². The van der Waals surface area contributed by atoms with Gasteiger partial charge >= 0.3 is 11.8 Å². The molecular weight excluding hydrogens is 330 g/mol. The number of rotatable bonds is 5. The average molecular weight is 348 g/mol. The number of hydrogen-bond acceptors (Lipinski definition) is 3. The lowest BCUT2D eigenvalue weighted by Crippen LogP contribution is -2.36. The van der Waals surface area contributed by atoms with Gasteiger partial charge in [0, 0.05) is 13.6 Å². The molecule has 0 atom stereocenters. The Morgan fingerprint density at radius 2 is 1.80 bits per heavy atom. The highest BCUT2D eigenvalue weighted by Crippen LogP contribution is 2.17. The summed E-state index contributed by atoms with van der Waals surface area (Å²) in [6.07, 6.45) is 0. The normalized spacial score (nSPS) is 10.2. The second kappa shape index (κ2) is 8.23. The van der Waals surface area contributed by atoms with E-state index in [1.165, 1.54) is 24.1 Å². The van der Waals surface area contributed by atoms with Crippen molar-refractivity contribution in [2.75, 3.05) is 19.0 Å². The van der Waals surface area contributed by atoms with Gasteiger partial charge in [0.05, 0.1) is 12.3 Å². The van der Waals surface area contributed by atoms with Crippen molar-refractivity contribution in [2.45, 2.75) is 13.5 Å². The van der Waals surface area contributed by atoms with E-state index < -0.39 is 23.4 Å². The Morgan fingerprint density at radius 1 is 1.12 bits per heavy atom. The average Bonchev–Trinajstić information content (AvgIpc) is 2.60. The zero-order valence-corrected chi connectivity index (χ0v) is 13.9. The summed E-state index contributed by atoms with van der Waals surface area (Å²) >= 11 is 0. The van der Waals surface area contributed by atoms with Gasteiger partial charge in [-0.25, -0.2) is 8.78 Å². The van der Waals surface area contributed by atoms with Crippen molar-refractivity contribution in [3.63, 3.8) is 0 Å². The number of nitrogens with one attached hydrogen (secondary N) is 1. The number of nitrogens with zero attached hydrogens (tertiary/aromatic N) is 1. The zero-order chi connectivity index (χ0) is 18.4. The Labute approximate surface area is 144 Å². The molecule has 0 heterocycles. The van der Waals surface area contributed by atoms with Crippen LogP contribution in [0.4, 0.5) is 14.5 Å². The van der Waals surface area contributed by atoms with E-state index in [4.69, 9.17) is 4.74 Å². The fraction of sp³-hybridized carbons (Fsp3) is 0.222. The topological polar surface area (TPSA) is 58.6 Å². The van der Waals surface area contributed by atoms with Crippen LogP contribution in [-0.4, -0.2) is 30.4 Å². The molecule has 0 bridgehead atoms. The Morgan fingerprint density at radius 3 is 2.44 bits per heavy atom. The molecule has 0 aliphatic carbocycles. The largest absolute Gasteiger partial charge is 0.494 e. The SMILES string of the molecule is CCOc1ccc(CN(C)C(=O)C(=O)Nc2cccc(F)c2F)cc1. The maximum absolute atomic E-state index is 13.5. The molecule has 0 aromatic heterocycles. The van der Waals surface area contributed by atoms with Gasteiger partial charge in [-0.05, 0) is 36.8 Å². The minimum Gasteiger partial charge on any atom is -0.494 e. The first kappa shape index (κ1) is 18.4. The standard InChI is InChI=1S/C18H18F2N2O3/c1-3-25-13-9-7-12(8-10-13)11-22(2)18(24)17(23)21-15-6-4-5-14(19)16(15)20/h4-10H,3,11H2,1-2H3,(H,21,23). The van der Waals surface area contributed by atoms with Gasteiger partial charge in [0.25, 0.3) is 0 Å². The maximum atomic E-state index is 13.5. The molecule has 2 rings (SSSR count). The van der Waals surface area contributed by atoms with Crippen LogP contribution in [-0.2, 0) is 16.1 Å². The molecular formula is C18H18F2N2O3. The Hall–Kier alpha value is -2.96. The highest BCUT2D eigenvalue weighted by atomic mass is 19.2. The monoisotopic (exact) mass is 348 g/mol. The number of amides is 2. The maximum Gasteiger partial charge on any atom is 0.313 e. The lowest BCUT2D eigenvalue weighted by atomic mass is 10.2. The number of likely N-dealkylation sites (N-methyl/N-ethyl adjacent to an activating group) is 1. The molecule has 132 valence electrons. The number of benzene rings is 2. The van der Waals surface area contributed by atoms with Crippen LogP contribution in [0.2, 0.25) is 0 Å². The lowest BCUT2D eigenvalue weighted by molar-refractivity contribution is -0.142. The number of carbonyl (C=O) groups excluding carboxylic acids is 2. The molecule has 0 saturated heterocycles. The van der Waals surface area contributed by atoms with Gasteiger partial charge in [-0.15, -0.1) is 0 Å². The summed E-state index contributed by atoms with van der Waals surface area (Å²) in [6.45, 7) is 2.61. The molecule has 5 nitrogen and oxygen atoms in total. The van der Waals surface area contributed by atoms with Gasteiger partial charge in [-0.3, -0.25) is 9.59 Å². The summed E-state index contributed by atoms with van der Waals surface area (Å²) in [7, 11) is 1.44. The van der Waals surface area contributed by atoms with Crippen molar-refractivity contribution in [3.8, 4) is 5.75 Å². The summed E-state index contributed by atoms with van der Waals surface area (Å²) in [6, 6.07) is 10.4. The van der Waals surface area contributed by atoms with Gasteiger partial charge in [-0.2, -0.15) is 0 Å². The third-order valence-corrected chi connectivity index (χ3v) is 3.39. The lowest BCUT2D eigenvalue weighted by Gasteiger charge is -2.17. The van der Waals surface area contributed by atoms with Crippen LogP contribution in [0.15, 0.2) is 42.5 Å². The van der Waals surface area contributed by atoms with E-state index in [-0.39, 0.29) is 12.2 Å². The molecule has 0 aliphatic rings. The van der Waals surface area contributed by atoms with E-state index in [2.05, 4.69) is 5.32 Å². The van der Waals surface area contributed by atoms with E-state index in [1.54, 1.807) is 24.3 Å². The van der Waals surface area contributed by atoms with Gasteiger partial charge < -0.3 is 15.0 Å². The minimum atomic E-state index is -1.21. The van der Waals surface area contributed by atoms with Gasteiger partial charge in [-0.1, -0.05) is 18.2 Å². The fourth-order valence-corrected chi connectivity index (χ4v) is 2.15. The smallest absolute Gasteiger partial charge is 0.313 e. The number of anilines is 1. The summed E-state index contributed by atoms with van der Waals surface area (Å²) in [4.78, 5) is 25.2. The molecule has 0 unspecified atom stereocenters. The third-order valence-electron chi connectivity index (χ3n) is 3.39. The summed E-state index contributed by atoms with van der Waals surface area (Å²) in [5, 5.41) is 2.08. The van der Waals surface area contributed by atoms with Crippen molar-refractivity contribution in [2.24, 2.45) is 0 Å². The third kappa shape index (κ3) is 4.76. The molecule has 0 radical (unpaired) electrons. The van der Waals surface area contributed by atoms with Gasteiger partial charge in [0.2, 0.25) is 0 Å². The first-order chi connectivity index (χ1) is 11.9. The second-order valence-corrected chi connectivity index (χ2v) is 5.29. The minimum absolute atomic E-state index is 0.185. The number of ether oxygens (including phenoxy) is 1. The number of halogens is 2.